The van der Waals surface area contributed by atoms with E-state index in [4.69, 9.17) is 14.0 Å². The van der Waals surface area contributed by atoms with Crippen molar-refractivity contribution in [3.8, 4) is 23.0 Å². The molecule has 0 saturated carbocycles. The van der Waals surface area contributed by atoms with Crippen LogP contribution in [-0.4, -0.2) is 37.7 Å². The lowest BCUT2D eigenvalue weighted by Gasteiger charge is -2.19. The summed E-state index contributed by atoms with van der Waals surface area (Å²) in [5, 5.41) is 6.53. The van der Waals surface area contributed by atoms with Crippen LogP contribution in [0.2, 0.25) is 0 Å². The van der Waals surface area contributed by atoms with Gasteiger partial charge < -0.3 is 19.3 Å². The Morgan fingerprint density at radius 1 is 0.886 bits per heavy atom. The van der Waals surface area contributed by atoms with E-state index in [2.05, 4.69) is 20.2 Å². The molecule has 1 aliphatic rings. The third kappa shape index (κ3) is 4.94. The van der Waals surface area contributed by atoms with Crippen molar-refractivity contribution in [3.05, 3.63) is 78.1 Å². The van der Waals surface area contributed by atoms with Crippen LogP contribution in [-0.2, 0) is 10.0 Å². The average Bonchev–Trinajstić information content (AvgIpc) is 3.31. The molecule has 11 heteroatoms. The van der Waals surface area contributed by atoms with Gasteiger partial charge in [-0.1, -0.05) is 5.16 Å². The molecule has 0 fully saturated rings. The number of carbonyl (C=O) groups excluding carboxylic acids is 1. The highest BCUT2D eigenvalue weighted by Gasteiger charge is 2.19. The highest BCUT2D eigenvalue weighted by molar-refractivity contribution is 7.92. The Bertz CT molecular complexity index is 1480. The van der Waals surface area contributed by atoms with Gasteiger partial charge in [-0.05, 0) is 67.6 Å². The van der Waals surface area contributed by atoms with E-state index in [9.17, 15) is 13.2 Å². The topological polar surface area (TPSA) is 133 Å². The van der Waals surface area contributed by atoms with Crippen molar-refractivity contribution in [2.75, 3.05) is 23.3 Å². The smallest absolute Gasteiger partial charge is 0.262 e. The van der Waals surface area contributed by atoms with E-state index in [0.29, 0.717) is 58.9 Å². The zero-order valence-electron chi connectivity index (χ0n) is 18.5. The molecule has 0 spiro atoms. The number of benzene rings is 3. The first-order chi connectivity index (χ1) is 16.9. The molecule has 1 aromatic heterocycles. The zero-order chi connectivity index (χ0) is 24.4. The summed E-state index contributed by atoms with van der Waals surface area (Å²) in [6.45, 7) is 2.51. The second-order valence-corrected chi connectivity index (χ2v) is 9.35. The number of hydrogen-bond acceptors (Lipinski definition) is 8. The lowest BCUT2D eigenvalue weighted by atomic mass is 10.1. The molecule has 0 aliphatic carbocycles. The molecule has 2 heterocycles. The SMILES string of the molecule is Cc1noc(-c2ccc(C(=O)Nc3ccc(NS(=O)(=O)c4ccc5c(c4)OCCO5)cc3)cc2)n1. The summed E-state index contributed by atoms with van der Waals surface area (Å²) in [5.41, 5.74) is 2.00. The van der Waals surface area contributed by atoms with E-state index in [1.54, 1.807) is 61.5 Å². The van der Waals surface area contributed by atoms with Crippen LogP contribution in [0, 0.1) is 6.92 Å². The van der Waals surface area contributed by atoms with Crippen LogP contribution < -0.4 is 19.5 Å². The van der Waals surface area contributed by atoms with E-state index in [1.807, 2.05) is 0 Å². The molecule has 0 saturated heterocycles. The van der Waals surface area contributed by atoms with Gasteiger partial charge in [0.15, 0.2) is 17.3 Å². The Labute approximate surface area is 200 Å². The molecular weight excluding hydrogens is 472 g/mol. The maximum atomic E-state index is 12.8. The molecule has 10 nitrogen and oxygen atoms in total. The lowest BCUT2D eigenvalue weighted by molar-refractivity contribution is 0.102. The van der Waals surface area contributed by atoms with Gasteiger partial charge in [-0.25, -0.2) is 8.42 Å². The van der Waals surface area contributed by atoms with Crippen molar-refractivity contribution >= 4 is 27.3 Å². The molecule has 1 amide bonds. The number of aryl methyl sites for hydroxylation is 1. The number of sulfonamides is 1. The largest absolute Gasteiger partial charge is 0.486 e. The summed E-state index contributed by atoms with van der Waals surface area (Å²) < 4.78 is 44.1. The fourth-order valence-corrected chi connectivity index (χ4v) is 4.48. The summed E-state index contributed by atoms with van der Waals surface area (Å²) in [6, 6.07) is 17.5. The van der Waals surface area contributed by atoms with Crippen molar-refractivity contribution in [1.82, 2.24) is 10.1 Å². The van der Waals surface area contributed by atoms with Crippen LogP contribution in [0.15, 0.2) is 76.1 Å². The summed E-state index contributed by atoms with van der Waals surface area (Å²) in [7, 11) is -3.84. The van der Waals surface area contributed by atoms with Crippen molar-refractivity contribution < 1.29 is 27.2 Å². The van der Waals surface area contributed by atoms with Crippen molar-refractivity contribution in [2.24, 2.45) is 0 Å². The maximum Gasteiger partial charge on any atom is 0.262 e. The van der Waals surface area contributed by atoms with Gasteiger partial charge in [0.2, 0.25) is 0 Å². The molecule has 0 unspecified atom stereocenters. The Kier molecular flexibility index (Phi) is 5.83. The number of anilines is 2. The zero-order valence-corrected chi connectivity index (χ0v) is 19.3. The number of ether oxygens (including phenoxy) is 2. The van der Waals surface area contributed by atoms with Crippen molar-refractivity contribution in [3.63, 3.8) is 0 Å². The van der Waals surface area contributed by atoms with Gasteiger partial charge in [-0.3, -0.25) is 9.52 Å². The summed E-state index contributed by atoms with van der Waals surface area (Å²) in [4.78, 5) is 16.8. The third-order valence-electron chi connectivity index (χ3n) is 5.14. The molecule has 0 bridgehead atoms. The van der Waals surface area contributed by atoms with Gasteiger partial charge in [-0.2, -0.15) is 4.98 Å². The minimum absolute atomic E-state index is 0.0540. The standard InChI is InChI=1S/C24H20N4O6S/c1-15-25-24(34-27-15)17-4-2-16(3-5-17)23(29)26-18-6-8-19(9-7-18)28-35(30,31)20-10-11-21-22(14-20)33-13-12-32-21/h2-11,14,28H,12-13H2,1H3,(H,26,29). The molecular formula is C24H20N4O6S. The highest BCUT2D eigenvalue weighted by Crippen LogP contribution is 2.32. The Hall–Kier alpha value is -4.38. The number of nitrogens with zero attached hydrogens (tertiary/aromatic N) is 2. The van der Waals surface area contributed by atoms with E-state index in [1.165, 1.54) is 12.1 Å². The fourth-order valence-electron chi connectivity index (χ4n) is 3.41. The van der Waals surface area contributed by atoms with Gasteiger partial charge in [-0.15, -0.1) is 0 Å². The van der Waals surface area contributed by atoms with Crippen LogP contribution in [0.5, 0.6) is 11.5 Å². The average molecular weight is 493 g/mol. The van der Waals surface area contributed by atoms with Crippen molar-refractivity contribution in [2.45, 2.75) is 11.8 Å². The van der Waals surface area contributed by atoms with Crippen LogP contribution in [0.1, 0.15) is 16.2 Å². The van der Waals surface area contributed by atoms with Gasteiger partial charge in [0.1, 0.15) is 13.2 Å². The molecule has 1 aliphatic heterocycles. The predicted molar refractivity (Wildman–Crippen MR) is 127 cm³/mol. The molecule has 3 aromatic carbocycles. The third-order valence-corrected chi connectivity index (χ3v) is 6.52. The summed E-state index contributed by atoms with van der Waals surface area (Å²) >= 11 is 0. The first-order valence-electron chi connectivity index (χ1n) is 10.6. The maximum absolute atomic E-state index is 12.8. The summed E-state index contributed by atoms with van der Waals surface area (Å²) in [5.74, 6) is 1.48. The first-order valence-corrected chi connectivity index (χ1v) is 12.1. The number of rotatable bonds is 6. The molecule has 35 heavy (non-hydrogen) atoms. The molecule has 4 aromatic rings. The van der Waals surface area contributed by atoms with E-state index >= 15 is 0 Å². The Morgan fingerprint density at radius 2 is 1.57 bits per heavy atom. The number of hydrogen-bond donors (Lipinski definition) is 2. The lowest BCUT2D eigenvalue weighted by Crippen LogP contribution is -2.17. The van der Waals surface area contributed by atoms with Crippen LogP contribution in [0.3, 0.4) is 0 Å². The number of carbonyl (C=O) groups is 1. The van der Waals surface area contributed by atoms with Gasteiger partial charge in [0.25, 0.3) is 21.8 Å². The Balaban J connectivity index is 1.24. The highest BCUT2D eigenvalue weighted by atomic mass is 32.2. The second-order valence-electron chi connectivity index (χ2n) is 7.67. The van der Waals surface area contributed by atoms with E-state index < -0.39 is 10.0 Å². The summed E-state index contributed by atoms with van der Waals surface area (Å²) in [6.07, 6.45) is 0. The van der Waals surface area contributed by atoms with E-state index in [-0.39, 0.29) is 10.8 Å². The second kappa shape index (κ2) is 9.11. The van der Waals surface area contributed by atoms with Gasteiger partial charge in [0.05, 0.1) is 4.90 Å². The van der Waals surface area contributed by atoms with Gasteiger partial charge in [0, 0.05) is 28.6 Å². The first kappa shape index (κ1) is 22.4. The predicted octanol–water partition coefficient (Wildman–Crippen LogP) is 3.87. The van der Waals surface area contributed by atoms with Crippen LogP contribution in [0.4, 0.5) is 11.4 Å². The molecule has 0 radical (unpaired) electrons. The Morgan fingerprint density at radius 3 is 2.26 bits per heavy atom. The molecule has 2 N–H and O–H groups in total. The number of nitrogens with one attached hydrogen (secondary N) is 2. The monoisotopic (exact) mass is 492 g/mol. The van der Waals surface area contributed by atoms with Crippen molar-refractivity contribution in [1.29, 1.82) is 0 Å². The van der Waals surface area contributed by atoms with E-state index in [0.717, 1.165) is 0 Å². The van der Waals surface area contributed by atoms with Crippen LogP contribution in [0.25, 0.3) is 11.5 Å². The number of fused-ring (bicyclic) bond motifs is 1. The number of amides is 1. The number of aromatic nitrogens is 2. The molecule has 0 atom stereocenters. The minimum atomic E-state index is -3.84. The fraction of sp³-hybridized carbons (Fsp3) is 0.125. The molecule has 178 valence electrons. The normalized spacial score (nSPS) is 12.7. The quantitative estimate of drug-likeness (QED) is 0.415. The minimum Gasteiger partial charge on any atom is -0.486 e. The molecule has 5 rings (SSSR count). The van der Waals surface area contributed by atoms with Gasteiger partial charge >= 0.3 is 0 Å². The van der Waals surface area contributed by atoms with Crippen LogP contribution >= 0.6 is 0 Å².